The topological polar surface area (TPSA) is 46.2 Å². The zero-order valence-corrected chi connectivity index (χ0v) is 9.85. The average Bonchev–Trinajstić information content (AvgIpc) is 2.15. The molecule has 0 spiro atoms. The molecule has 3 N–H and O–H groups in total. The lowest BCUT2D eigenvalue weighted by Crippen LogP contribution is -2.33. The lowest BCUT2D eigenvalue weighted by Gasteiger charge is -2.30. The van der Waals surface area contributed by atoms with Crippen molar-refractivity contribution in [3.8, 4) is 0 Å². The highest BCUT2D eigenvalue weighted by Crippen LogP contribution is 2.34. The van der Waals surface area contributed by atoms with Crippen LogP contribution >= 0.6 is 11.6 Å². The third kappa shape index (κ3) is 2.51. The summed E-state index contributed by atoms with van der Waals surface area (Å²) in [5, 5.41) is 9.09. The van der Waals surface area contributed by atoms with Crippen LogP contribution < -0.4 is 5.73 Å². The van der Waals surface area contributed by atoms with E-state index in [0.29, 0.717) is 0 Å². The molecular weight excluding hydrogens is 236 g/mol. The summed E-state index contributed by atoms with van der Waals surface area (Å²) >= 11 is 5.50. The SMILES string of the molecule is CC(C)(CO)[C@H](N)c1c(F)cc(Cl)cc1F. The molecule has 2 nitrogen and oxygen atoms in total. The normalized spacial score (nSPS) is 13.9. The summed E-state index contributed by atoms with van der Waals surface area (Å²) in [7, 11) is 0. The molecule has 5 heteroatoms. The highest BCUT2D eigenvalue weighted by Gasteiger charge is 2.31. The number of hydrogen-bond acceptors (Lipinski definition) is 2. The fourth-order valence-corrected chi connectivity index (χ4v) is 1.53. The second-order valence-electron chi connectivity index (χ2n) is 4.41. The number of aliphatic hydroxyl groups excluding tert-OH is 1. The number of nitrogens with two attached hydrogens (primary N) is 1. The van der Waals surface area contributed by atoms with E-state index in [1.807, 2.05) is 0 Å². The number of halogens is 3. The van der Waals surface area contributed by atoms with Gasteiger partial charge in [0.2, 0.25) is 0 Å². The third-order valence-electron chi connectivity index (χ3n) is 2.60. The largest absolute Gasteiger partial charge is 0.396 e. The van der Waals surface area contributed by atoms with E-state index in [2.05, 4.69) is 0 Å². The van der Waals surface area contributed by atoms with Crippen LogP contribution in [0.5, 0.6) is 0 Å². The van der Waals surface area contributed by atoms with Crippen LogP contribution in [-0.2, 0) is 0 Å². The van der Waals surface area contributed by atoms with E-state index in [0.717, 1.165) is 12.1 Å². The van der Waals surface area contributed by atoms with Gasteiger partial charge < -0.3 is 10.8 Å². The Morgan fingerprint density at radius 2 is 1.81 bits per heavy atom. The molecule has 0 aromatic heterocycles. The van der Waals surface area contributed by atoms with Crippen molar-refractivity contribution in [1.29, 1.82) is 0 Å². The molecule has 0 saturated carbocycles. The fraction of sp³-hybridized carbons (Fsp3) is 0.455. The first-order chi connectivity index (χ1) is 7.29. The number of benzene rings is 1. The molecule has 0 aliphatic heterocycles. The Balaban J connectivity index is 3.24. The lowest BCUT2D eigenvalue weighted by molar-refractivity contribution is 0.129. The molecule has 0 heterocycles. The van der Waals surface area contributed by atoms with Gasteiger partial charge in [0.25, 0.3) is 0 Å². The molecule has 0 aliphatic rings. The maximum atomic E-state index is 13.5. The van der Waals surface area contributed by atoms with Gasteiger partial charge in [-0.1, -0.05) is 25.4 Å². The molecule has 1 aromatic carbocycles. The van der Waals surface area contributed by atoms with Crippen LogP contribution in [0.4, 0.5) is 8.78 Å². The Morgan fingerprint density at radius 1 is 1.38 bits per heavy atom. The smallest absolute Gasteiger partial charge is 0.132 e. The second kappa shape index (κ2) is 4.65. The fourth-order valence-electron chi connectivity index (χ4n) is 1.34. The lowest BCUT2D eigenvalue weighted by atomic mass is 9.81. The van der Waals surface area contributed by atoms with Crippen LogP contribution in [0.15, 0.2) is 12.1 Å². The highest BCUT2D eigenvalue weighted by molar-refractivity contribution is 6.30. The summed E-state index contributed by atoms with van der Waals surface area (Å²) in [4.78, 5) is 0. The number of hydrogen-bond donors (Lipinski definition) is 2. The molecule has 0 bridgehead atoms. The number of rotatable bonds is 3. The van der Waals surface area contributed by atoms with Crippen LogP contribution in [0.25, 0.3) is 0 Å². The molecule has 0 saturated heterocycles. The Hall–Kier alpha value is -0.710. The van der Waals surface area contributed by atoms with Crippen molar-refractivity contribution in [2.45, 2.75) is 19.9 Å². The molecule has 0 radical (unpaired) electrons. The Bertz CT molecular complexity index is 373. The van der Waals surface area contributed by atoms with Gasteiger partial charge in [-0.15, -0.1) is 0 Å². The monoisotopic (exact) mass is 249 g/mol. The van der Waals surface area contributed by atoms with Gasteiger partial charge in [-0.25, -0.2) is 8.78 Å². The van der Waals surface area contributed by atoms with Gasteiger partial charge in [0, 0.05) is 28.6 Å². The summed E-state index contributed by atoms with van der Waals surface area (Å²) in [5.41, 5.74) is 4.70. The van der Waals surface area contributed by atoms with E-state index >= 15 is 0 Å². The maximum absolute atomic E-state index is 13.5. The third-order valence-corrected chi connectivity index (χ3v) is 2.82. The van der Waals surface area contributed by atoms with Crippen molar-refractivity contribution < 1.29 is 13.9 Å². The van der Waals surface area contributed by atoms with Crippen LogP contribution in [-0.4, -0.2) is 11.7 Å². The van der Waals surface area contributed by atoms with Gasteiger partial charge >= 0.3 is 0 Å². The quantitative estimate of drug-likeness (QED) is 0.865. The molecule has 0 aliphatic carbocycles. The molecule has 0 unspecified atom stereocenters. The predicted molar refractivity (Wildman–Crippen MR) is 59.2 cm³/mol. The molecule has 1 atom stereocenters. The van der Waals surface area contributed by atoms with E-state index in [-0.39, 0.29) is 17.2 Å². The first kappa shape index (κ1) is 13.4. The molecular formula is C11H14ClF2NO. The van der Waals surface area contributed by atoms with Gasteiger partial charge in [-0.2, -0.15) is 0 Å². The van der Waals surface area contributed by atoms with Crippen molar-refractivity contribution in [3.05, 3.63) is 34.4 Å². The second-order valence-corrected chi connectivity index (χ2v) is 4.84. The van der Waals surface area contributed by atoms with E-state index in [4.69, 9.17) is 22.4 Å². The number of aliphatic hydroxyl groups is 1. The van der Waals surface area contributed by atoms with Crippen molar-refractivity contribution in [2.24, 2.45) is 11.1 Å². The maximum Gasteiger partial charge on any atom is 0.132 e. The predicted octanol–water partition coefficient (Wildman–Crippen LogP) is 2.64. The standard InChI is InChI=1S/C11H14ClF2NO/c1-11(2,5-16)10(15)9-7(13)3-6(12)4-8(9)14/h3-4,10,16H,5,15H2,1-2H3/t10-/m1/s1. The Labute approximate surface area is 98.0 Å². The van der Waals surface area contributed by atoms with Gasteiger partial charge in [-0.3, -0.25) is 0 Å². The molecule has 16 heavy (non-hydrogen) atoms. The van der Waals surface area contributed by atoms with Crippen LogP contribution in [0.3, 0.4) is 0 Å². The molecule has 1 rings (SSSR count). The van der Waals surface area contributed by atoms with Gasteiger partial charge in [0.15, 0.2) is 0 Å². The van der Waals surface area contributed by atoms with E-state index in [9.17, 15) is 8.78 Å². The first-order valence-corrected chi connectivity index (χ1v) is 5.18. The minimum Gasteiger partial charge on any atom is -0.396 e. The minimum atomic E-state index is -0.935. The van der Waals surface area contributed by atoms with Gasteiger partial charge in [0.05, 0.1) is 0 Å². The van der Waals surface area contributed by atoms with E-state index in [1.54, 1.807) is 13.8 Å². The summed E-state index contributed by atoms with van der Waals surface area (Å²) in [6.45, 7) is 2.99. The summed E-state index contributed by atoms with van der Waals surface area (Å²) in [6.07, 6.45) is 0. The molecule has 1 aromatic rings. The van der Waals surface area contributed by atoms with Crippen LogP contribution in [0.2, 0.25) is 5.02 Å². The molecule has 0 fully saturated rings. The van der Waals surface area contributed by atoms with E-state index < -0.39 is 23.1 Å². The summed E-state index contributed by atoms with van der Waals surface area (Å²) in [5.74, 6) is -1.59. The van der Waals surface area contributed by atoms with Gasteiger partial charge in [-0.05, 0) is 12.1 Å². The Morgan fingerprint density at radius 3 is 2.19 bits per heavy atom. The van der Waals surface area contributed by atoms with Crippen LogP contribution in [0.1, 0.15) is 25.5 Å². The molecule has 90 valence electrons. The Kier molecular flexibility index (Phi) is 3.88. The zero-order chi connectivity index (χ0) is 12.5. The minimum absolute atomic E-state index is 0.0206. The summed E-state index contributed by atoms with van der Waals surface area (Å²) in [6, 6.07) is 1.08. The summed E-state index contributed by atoms with van der Waals surface area (Å²) < 4.78 is 27.1. The van der Waals surface area contributed by atoms with Crippen molar-refractivity contribution in [2.75, 3.05) is 6.61 Å². The van der Waals surface area contributed by atoms with Crippen molar-refractivity contribution in [3.63, 3.8) is 0 Å². The van der Waals surface area contributed by atoms with E-state index in [1.165, 1.54) is 0 Å². The van der Waals surface area contributed by atoms with Gasteiger partial charge in [0.1, 0.15) is 11.6 Å². The van der Waals surface area contributed by atoms with Crippen molar-refractivity contribution in [1.82, 2.24) is 0 Å². The zero-order valence-electron chi connectivity index (χ0n) is 9.10. The average molecular weight is 250 g/mol. The van der Waals surface area contributed by atoms with Crippen molar-refractivity contribution >= 4 is 11.6 Å². The highest BCUT2D eigenvalue weighted by atomic mass is 35.5. The first-order valence-electron chi connectivity index (χ1n) is 4.80. The van der Waals surface area contributed by atoms with Crippen LogP contribution in [0, 0.1) is 17.0 Å². The molecule has 0 amide bonds.